The van der Waals surface area contributed by atoms with Crippen LogP contribution < -0.4 is 10.1 Å². The van der Waals surface area contributed by atoms with E-state index in [1.54, 1.807) is 12.1 Å². The highest BCUT2D eigenvalue weighted by Crippen LogP contribution is 2.40. The largest absolute Gasteiger partial charge is 0.482 e. The first kappa shape index (κ1) is 15.1. The molecule has 0 spiro atoms. The van der Waals surface area contributed by atoms with Gasteiger partial charge in [-0.3, -0.25) is 4.79 Å². The summed E-state index contributed by atoms with van der Waals surface area (Å²) in [6.45, 7) is 5.72. The van der Waals surface area contributed by atoms with E-state index in [4.69, 9.17) is 16.3 Å². The van der Waals surface area contributed by atoms with Crippen LogP contribution in [0, 0.1) is 12.3 Å². The second kappa shape index (κ2) is 5.62. The van der Waals surface area contributed by atoms with Crippen LogP contribution in [0.5, 0.6) is 5.75 Å². The first-order valence-corrected chi connectivity index (χ1v) is 7.05. The molecule has 20 heavy (non-hydrogen) atoms. The lowest BCUT2D eigenvalue weighted by Crippen LogP contribution is -2.61. The SMILES string of the molecule is Cc1ccc(Cl)c(OCC(=O)NC2CC(O)C2(C)C)c1. The molecule has 0 bridgehead atoms. The van der Waals surface area contributed by atoms with E-state index in [9.17, 15) is 9.90 Å². The summed E-state index contributed by atoms with van der Waals surface area (Å²) in [5.74, 6) is 0.308. The molecule has 1 aromatic rings. The molecule has 1 aromatic carbocycles. The van der Waals surface area contributed by atoms with Crippen molar-refractivity contribution in [3.63, 3.8) is 0 Å². The van der Waals surface area contributed by atoms with Crippen LogP contribution >= 0.6 is 11.6 Å². The molecule has 0 aliphatic heterocycles. The van der Waals surface area contributed by atoms with E-state index in [0.29, 0.717) is 17.2 Å². The number of benzene rings is 1. The van der Waals surface area contributed by atoms with Gasteiger partial charge >= 0.3 is 0 Å². The standard InChI is InChI=1S/C15H20ClNO3/c1-9-4-5-10(16)11(6-9)20-8-14(19)17-12-7-13(18)15(12,2)3/h4-6,12-13,18H,7-8H2,1-3H3,(H,17,19). The lowest BCUT2D eigenvalue weighted by molar-refractivity contribution is -0.131. The molecule has 2 rings (SSSR count). The van der Waals surface area contributed by atoms with Gasteiger partial charge in [0.15, 0.2) is 6.61 Å². The number of rotatable bonds is 4. The van der Waals surface area contributed by atoms with E-state index < -0.39 is 0 Å². The molecule has 0 aromatic heterocycles. The van der Waals surface area contributed by atoms with Crippen LogP contribution in [0.2, 0.25) is 5.02 Å². The maximum Gasteiger partial charge on any atom is 0.258 e. The predicted octanol–water partition coefficient (Wildman–Crippen LogP) is 2.30. The molecular weight excluding hydrogens is 278 g/mol. The number of aliphatic hydroxyl groups is 1. The van der Waals surface area contributed by atoms with E-state index >= 15 is 0 Å². The molecule has 2 unspecified atom stereocenters. The Morgan fingerprint density at radius 3 is 2.85 bits per heavy atom. The summed E-state index contributed by atoms with van der Waals surface area (Å²) < 4.78 is 5.44. The Kier molecular flexibility index (Phi) is 4.25. The zero-order valence-electron chi connectivity index (χ0n) is 11.9. The number of carbonyl (C=O) groups is 1. The minimum absolute atomic E-state index is 0.0124. The number of amides is 1. The van der Waals surface area contributed by atoms with Gasteiger partial charge in [0.05, 0.1) is 11.1 Å². The Labute approximate surface area is 124 Å². The molecule has 2 N–H and O–H groups in total. The van der Waals surface area contributed by atoms with Gasteiger partial charge in [0.1, 0.15) is 5.75 Å². The summed E-state index contributed by atoms with van der Waals surface area (Å²) in [6, 6.07) is 5.41. The second-order valence-electron chi connectivity index (χ2n) is 5.92. The molecule has 4 nitrogen and oxygen atoms in total. The van der Waals surface area contributed by atoms with Crippen LogP contribution in [0.15, 0.2) is 18.2 Å². The van der Waals surface area contributed by atoms with Gasteiger partial charge in [0.25, 0.3) is 5.91 Å². The average Bonchev–Trinajstić information content (AvgIpc) is 2.39. The van der Waals surface area contributed by atoms with Crippen LogP contribution in [0.1, 0.15) is 25.8 Å². The van der Waals surface area contributed by atoms with Gasteiger partial charge in [-0.1, -0.05) is 31.5 Å². The molecule has 1 aliphatic carbocycles. The first-order valence-electron chi connectivity index (χ1n) is 6.67. The van der Waals surface area contributed by atoms with Crippen molar-refractivity contribution in [3.05, 3.63) is 28.8 Å². The molecule has 0 radical (unpaired) electrons. The van der Waals surface area contributed by atoms with Gasteiger partial charge in [-0.05, 0) is 31.0 Å². The summed E-state index contributed by atoms with van der Waals surface area (Å²) in [5, 5.41) is 13.0. The monoisotopic (exact) mass is 297 g/mol. The molecule has 0 heterocycles. The number of aryl methyl sites for hydroxylation is 1. The molecule has 2 atom stereocenters. The minimum Gasteiger partial charge on any atom is -0.482 e. The van der Waals surface area contributed by atoms with Crippen molar-refractivity contribution in [1.29, 1.82) is 0 Å². The number of hydrogen-bond acceptors (Lipinski definition) is 3. The van der Waals surface area contributed by atoms with Crippen LogP contribution in [-0.2, 0) is 4.79 Å². The van der Waals surface area contributed by atoms with E-state index in [1.807, 2.05) is 26.8 Å². The van der Waals surface area contributed by atoms with Gasteiger partial charge in [-0.25, -0.2) is 0 Å². The van der Waals surface area contributed by atoms with Gasteiger partial charge in [0.2, 0.25) is 0 Å². The fourth-order valence-corrected chi connectivity index (χ4v) is 2.42. The number of halogens is 1. The van der Waals surface area contributed by atoms with Gasteiger partial charge in [-0.15, -0.1) is 0 Å². The number of nitrogens with one attached hydrogen (secondary N) is 1. The Morgan fingerprint density at radius 2 is 2.25 bits per heavy atom. The lowest BCUT2D eigenvalue weighted by atomic mass is 9.64. The third-order valence-electron chi connectivity index (χ3n) is 4.00. The third-order valence-corrected chi connectivity index (χ3v) is 4.31. The van der Waals surface area contributed by atoms with Crippen molar-refractivity contribution in [2.24, 2.45) is 5.41 Å². The second-order valence-corrected chi connectivity index (χ2v) is 6.32. The highest BCUT2D eigenvalue weighted by atomic mass is 35.5. The van der Waals surface area contributed by atoms with E-state index in [2.05, 4.69) is 5.32 Å². The molecule has 110 valence electrons. The molecule has 1 amide bonds. The van der Waals surface area contributed by atoms with Crippen molar-refractivity contribution < 1.29 is 14.6 Å². The third kappa shape index (κ3) is 3.07. The summed E-state index contributed by atoms with van der Waals surface area (Å²) in [7, 11) is 0. The fraction of sp³-hybridized carbons (Fsp3) is 0.533. The topological polar surface area (TPSA) is 58.6 Å². The maximum absolute atomic E-state index is 11.8. The molecule has 1 aliphatic rings. The Bertz CT molecular complexity index is 516. The highest BCUT2D eigenvalue weighted by Gasteiger charge is 2.47. The molecule has 0 saturated heterocycles. The van der Waals surface area contributed by atoms with Gasteiger partial charge in [-0.2, -0.15) is 0 Å². The maximum atomic E-state index is 11.8. The van der Waals surface area contributed by atoms with E-state index in [-0.39, 0.29) is 30.1 Å². The number of hydrogen-bond donors (Lipinski definition) is 2. The lowest BCUT2D eigenvalue weighted by Gasteiger charge is -2.49. The molecule has 1 fully saturated rings. The van der Waals surface area contributed by atoms with Crippen molar-refractivity contribution in [2.45, 2.75) is 39.3 Å². The predicted molar refractivity (Wildman–Crippen MR) is 78.0 cm³/mol. The van der Waals surface area contributed by atoms with Crippen molar-refractivity contribution >= 4 is 17.5 Å². The summed E-state index contributed by atoms with van der Waals surface area (Å²) in [5.41, 5.74) is 0.740. The van der Waals surface area contributed by atoms with E-state index in [1.165, 1.54) is 0 Å². The number of aliphatic hydroxyl groups excluding tert-OH is 1. The van der Waals surface area contributed by atoms with Crippen molar-refractivity contribution in [2.75, 3.05) is 6.61 Å². The summed E-state index contributed by atoms with van der Waals surface area (Å²) >= 11 is 6.00. The van der Waals surface area contributed by atoms with Crippen LogP contribution in [0.3, 0.4) is 0 Å². The van der Waals surface area contributed by atoms with Crippen molar-refractivity contribution in [1.82, 2.24) is 5.32 Å². The normalized spacial score (nSPS) is 23.9. The zero-order chi connectivity index (χ0) is 14.9. The Morgan fingerprint density at radius 1 is 1.55 bits per heavy atom. The number of carbonyl (C=O) groups excluding carboxylic acids is 1. The van der Waals surface area contributed by atoms with Gasteiger partial charge in [0, 0.05) is 11.5 Å². The van der Waals surface area contributed by atoms with Crippen LogP contribution in [0.4, 0.5) is 0 Å². The first-order chi connectivity index (χ1) is 9.30. The van der Waals surface area contributed by atoms with Crippen LogP contribution in [-0.4, -0.2) is 29.8 Å². The van der Waals surface area contributed by atoms with Crippen LogP contribution in [0.25, 0.3) is 0 Å². The zero-order valence-corrected chi connectivity index (χ0v) is 12.7. The van der Waals surface area contributed by atoms with Crippen molar-refractivity contribution in [3.8, 4) is 5.75 Å². The van der Waals surface area contributed by atoms with Gasteiger partial charge < -0.3 is 15.2 Å². The summed E-state index contributed by atoms with van der Waals surface area (Å²) in [6.07, 6.45) is 0.226. The minimum atomic E-state index is -0.361. The molecule has 1 saturated carbocycles. The smallest absolute Gasteiger partial charge is 0.258 e. The van der Waals surface area contributed by atoms with E-state index in [0.717, 1.165) is 5.56 Å². The molecule has 5 heteroatoms. The fourth-order valence-electron chi connectivity index (χ4n) is 2.25. The number of ether oxygens (including phenoxy) is 1. The highest BCUT2D eigenvalue weighted by molar-refractivity contribution is 6.32. The molecular formula is C15H20ClNO3. The average molecular weight is 298 g/mol. The summed E-state index contributed by atoms with van der Waals surface area (Å²) in [4.78, 5) is 11.8. The quantitative estimate of drug-likeness (QED) is 0.896. The Balaban J connectivity index is 1.86. The Hall–Kier alpha value is -1.26.